The van der Waals surface area contributed by atoms with Crippen molar-refractivity contribution in [1.82, 2.24) is 20.9 Å². The number of nitrogens with one attached hydrogen (secondary N) is 3. The zero-order valence-corrected chi connectivity index (χ0v) is 11.1. The molecule has 8 nitrogen and oxygen atoms in total. The molecule has 1 atom stereocenters. The van der Waals surface area contributed by atoms with Crippen LogP contribution in [-0.4, -0.2) is 48.4 Å². The first kappa shape index (κ1) is 14.9. The topological polar surface area (TPSA) is 108 Å². The molecule has 1 rings (SSSR count). The van der Waals surface area contributed by atoms with E-state index in [1.807, 2.05) is 13.8 Å². The van der Waals surface area contributed by atoms with Gasteiger partial charge >= 0.3 is 12.1 Å². The van der Waals surface area contributed by atoms with Gasteiger partial charge in [0.1, 0.15) is 6.04 Å². The molecule has 0 aromatic carbocycles. The Morgan fingerprint density at radius 2 is 2.00 bits per heavy atom. The molecule has 1 heterocycles. The van der Waals surface area contributed by atoms with Crippen molar-refractivity contribution in [3.63, 3.8) is 0 Å². The number of amides is 6. The van der Waals surface area contributed by atoms with Gasteiger partial charge in [-0.05, 0) is 5.92 Å². The van der Waals surface area contributed by atoms with Crippen LogP contribution in [0.2, 0.25) is 0 Å². The largest absolute Gasteiger partial charge is 0.341 e. The first-order valence-corrected chi connectivity index (χ1v) is 6.00. The predicted molar refractivity (Wildman–Crippen MR) is 66.1 cm³/mol. The molecule has 6 amide bonds. The summed E-state index contributed by atoms with van der Waals surface area (Å²) in [5.74, 6) is -0.901. The highest BCUT2D eigenvalue weighted by atomic mass is 16.2. The van der Waals surface area contributed by atoms with E-state index in [9.17, 15) is 19.2 Å². The standard InChI is InChI=1S/C11H18N4O4/c1-6(2)8-9(17)15(11(19)14-8)5-4-7(16)13-10(18)12-3/h6,8H,4-5H2,1-3H3,(H,14,19)(H2,12,13,16,18)/t8-/m1/s1. The van der Waals surface area contributed by atoms with E-state index < -0.39 is 24.0 Å². The molecule has 0 spiro atoms. The number of hydrogen-bond donors (Lipinski definition) is 3. The van der Waals surface area contributed by atoms with E-state index in [1.165, 1.54) is 7.05 Å². The average Bonchev–Trinajstić information content (AvgIpc) is 2.62. The number of imide groups is 2. The third kappa shape index (κ3) is 3.67. The van der Waals surface area contributed by atoms with Crippen molar-refractivity contribution in [2.24, 2.45) is 5.92 Å². The molecular weight excluding hydrogens is 252 g/mol. The minimum atomic E-state index is -0.623. The van der Waals surface area contributed by atoms with Crippen LogP contribution in [0.25, 0.3) is 0 Å². The fraction of sp³-hybridized carbons (Fsp3) is 0.636. The Bertz CT molecular complexity index is 407. The summed E-state index contributed by atoms with van der Waals surface area (Å²) in [5, 5.41) is 6.85. The van der Waals surface area contributed by atoms with Crippen LogP contribution in [-0.2, 0) is 9.59 Å². The van der Waals surface area contributed by atoms with Gasteiger partial charge < -0.3 is 10.6 Å². The van der Waals surface area contributed by atoms with Crippen molar-refractivity contribution in [1.29, 1.82) is 0 Å². The molecule has 3 N–H and O–H groups in total. The maximum atomic E-state index is 11.9. The molecule has 8 heteroatoms. The lowest BCUT2D eigenvalue weighted by Gasteiger charge is -2.14. The van der Waals surface area contributed by atoms with Crippen molar-refractivity contribution in [2.45, 2.75) is 26.3 Å². The second kappa shape index (κ2) is 6.17. The fourth-order valence-corrected chi connectivity index (χ4v) is 1.67. The molecule has 1 fully saturated rings. The van der Waals surface area contributed by atoms with Gasteiger partial charge in [0.15, 0.2) is 0 Å². The van der Waals surface area contributed by atoms with Crippen LogP contribution in [0.3, 0.4) is 0 Å². The number of carbonyl (C=O) groups excluding carboxylic acids is 4. The Labute approximate surface area is 110 Å². The van der Waals surface area contributed by atoms with Gasteiger partial charge in [0.2, 0.25) is 5.91 Å². The Morgan fingerprint density at radius 3 is 2.47 bits per heavy atom. The zero-order chi connectivity index (χ0) is 14.6. The summed E-state index contributed by atoms with van der Waals surface area (Å²) >= 11 is 0. The molecule has 1 aliphatic heterocycles. The number of rotatable bonds is 4. The van der Waals surface area contributed by atoms with Gasteiger partial charge in [-0.1, -0.05) is 13.8 Å². The molecule has 1 saturated heterocycles. The maximum Gasteiger partial charge on any atom is 0.324 e. The van der Waals surface area contributed by atoms with Crippen LogP contribution >= 0.6 is 0 Å². The van der Waals surface area contributed by atoms with Gasteiger partial charge in [-0.2, -0.15) is 0 Å². The lowest BCUT2D eigenvalue weighted by atomic mass is 10.1. The summed E-state index contributed by atoms with van der Waals surface area (Å²) in [4.78, 5) is 46.7. The van der Waals surface area contributed by atoms with Gasteiger partial charge in [-0.3, -0.25) is 19.8 Å². The summed E-state index contributed by atoms with van der Waals surface area (Å²) < 4.78 is 0. The lowest BCUT2D eigenvalue weighted by molar-refractivity contribution is -0.128. The van der Waals surface area contributed by atoms with Crippen LogP contribution in [0.1, 0.15) is 20.3 Å². The highest BCUT2D eigenvalue weighted by molar-refractivity contribution is 6.04. The average molecular weight is 270 g/mol. The smallest absolute Gasteiger partial charge is 0.324 e. The number of urea groups is 2. The van der Waals surface area contributed by atoms with Crippen molar-refractivity contribution < 1.29 is 19.2 Å². The van der Waals surface area contributed by atoms with Gasteiger partial charge in [0.05, 0.1) is 0 Å². The molecule has 1 aliphatic rings. The minimum absolute atomic E-state index is 0.0128. The molecule has 19 heavy (non-hydrogen) atoms. The van der Waals surface area contributed by atoms with Crippen molar-refractivity contribution in [3.8, 4) is 0 Å². The number of nitrogens with zero attached hydrogens (tertiary/aromatic N) is 1. The summed E-state index contributed by atoms with van der Waals surface area (Å²) in [6.07, 6.45) is -0.114. The second-order valence-corrected chi connectivity index (χ2v) is 4.54. The number of carbonyl (C=O) groups is 4. The third-order valence-corrected chi connectivity index (χ3v) is 2.77. The van der Waals surface area contributed by atoms with Crippen molar-refractivity contribution >= 4 is 23.9 Å². The monoisotopic (exact) mass is 270 g/mol. The van der Waals surface area contributed by atoms with E-state index in [4.69, 9.17) is 0 Å². The summed E-state index contributed by atoms with van der Waals surface area (Å²) in [7, 11) is 1.38. The van der Waals surface area contributed by atoms with Gasteiger partial charge in [-0.25, -0.2) is 9.59 Å². The van der Waals surface area contributed by atoms with Crippen molar-refractivity contribution in [3.05, 3.63) is 0 Å². The Hall–Kier alpha value is -2.12. The van der Waals surface area contributed by atoms with E-state index in [-0.39, 0.29) is 24.8 Å². The van der Waals surface area contributed by atoms with Gasteiger partial charge in [0.25, 0.3) is 5.91 Å². The van der Waals surface area contributed by atoms with E-state index >= 15 is 0 Å². The molecule has 0 bridgehead atoms. The molecule has 106 valence electrons. The molecule has 0 aromatic heterocycles. The highest BCUT2D eigenvalue weighted by Gasteiger charge is 2.39. The van der Waals surface area contributed by atoms with E-state index in [2.05, 4.69) is 16.0 Å². The predicted octanol–water partition coefficient (Wildman–Crippen LogP) is -0.591. The molecule has 0 aliphatic carbocycles. The van der Waals surface area contributed by atoms with Crippen LogP contribution in [0.4, 0.5) is 9.59 Å². The Morgan fingerprint density at radius 1 is 1.37 bits per heavy atom. The van der Waals surface area contributed by atoms with E-state index in [0.29, 0.717) is 0 Å². The second-order valence-electron chi connectivity index (χ2n) is 4.54. The summed E-state index contributed by atoms with van der Waals surface area (Å²) in [6, 6.07) is -1.67. The van der Waals surface area contributed by atoms with E-state index in [0.717, 1.165) is 4.90 Å². The first-order valence-electron chi connectivity index (χ1n) is 6.00. The van der Waals surface area contributed by atoms with E-state index in [1.54, 1.807) is 0 Å². The van der Waals surface area contributed by atoms with Crippen LogP contribution in [0, 0.1) is 5.92 Å². The molecular formula is C11H18N4O4. The molecule has 0 radical (unpaired) electrons. The van der Waals surface area contributed by atoms with Crippen LogP contribution < -0.4 is 16.0 Å². The van der Waals surface area contributed by atoms with Gasteiger partial charge in [-0.15, -0.1) is 0 Å². The SMILES string of the molecule is CNC(=O)NC(=O)CCN1C(=O)N[C@H](C(C)C)C1=O. The zero-order valence-electron chi connectivity index (χ0n) is 11.1. The fourth-order valence-electron chi connectivity index (χ4n) is 1.67. The quantitative estimate of drug-likeness (QED) is 0.593. The van der Waals surface area contributed by atoms with Crippen LogP contribution in [0.5, 0.6) is 0 Å². The molecule has 0 saturated carbocycles. The first-order chi connectivity index (χ1) is 8.86. The number of hydrogen-bond acceptors (Lipinski definition) is 4. The normalized spacial score (nSPS) is 18.5. The third-order valence-electron chi connectivity index (χ3n) is 2.77. The highest BCUT2D eigenvalue weighted by Crippen LogP contribution is 2.13. The Balaban J connectivity index is 2.49. The minimum Gasteiger partial charge on any atom is -0.341 e. The Kier molecular flexibility index (Phi) is 4.85. The van der Waals surface area contributed by atoms with Gasteiger partial charge in [0, 0.05) is 20.0 Å². The molecule has 0 aromatic rings. The maximum absolute atomic E-state index is 11.9. The summed E-state index contributed by atoms with van der Waals surface area (Å²) in [6.45, 7) is 3.60. The lowest BCUT2D eigenvalue weighted by Crippen LogP contribution is -2.40. The van der Waals surface area contributed by atoms with Crippen molar-refractivity contribution in [2.75, 3.05) is 13.6 Å². The van der Waals surface area contributed by atoms with Crippen LogP contribution in [0.15, 0.2) is 0 Å². The summed E-state index contributed by atoms with van der Waals surface area (Å²) in [5.41, 5.74) is 0. The molecule has 0 unspecified atom stereocenters.